The third-order valence-electron chi connectivity index (χ3n) is 2.61. The fourth-order valence-corrected chi connectivity index (χ4v) is 2.23. The maximum absolute atomic E-state index is 11.4. The van der Waals surface area contributed by atoms with Gasteiger partial charge < -0.3 is 4.74 Å². The van der Waals surface area contributed by atoms with Gasteiger partial charge in [-0.1, -0.05) is 19.1 Å². The molecule has 0 unspecified atom stereocenters. The van der Waals surface area contributed by atoms with Gasteiger partial charge in [-0.25, -0.2) is 17.9 Å². The average molecular weight is 275 g/mol. The molecule has 102 valence electrons. The molecular formula is C10H17N3O4S. The molecule has 18 heavy (non-hydrogen) atoms. The molecule has 0 saturated heterocycles. The standard InChI is InChI=1S/C10H17N3O4S/c1-4-8-9(10(14)17-3)11-12-13(8)6-7-18(15,16)5-2/h4-7H2,1-3H3. The molecule has 0 aliphatic carbocycles. The fourth-order valence-electron chi connectivity index (χ4n) is 1.49. The van der Waals surface area contributed by atoms with Gasteiger partial charge in [0.2, 0.25) is 0 Å². The highest BCUT2D eigenvalue weighted by Gasteiger charge is 2.19. The number of rotatable bonds is 6. The van der Waals surface area contributed by atoms with Crippen LogP contribution in [0.15, 0.2) is 0 Å². The van der Waals surface area contributed by atoms with Gasteiger partial charge in [-0.2, -0.15) is 0 Å². The molecule has 0 aliphatic heterocycles. The largest absolute Gasteiger partial charge is 0.464 e. The van der Waals surface area contributed by atoms with Crippen LogP contribution in [0.3, 0.4) is 0 Å². The Labute approximate surface area is 106 Å². The number of hydrogen-bond acceptors (Lipinski definition) is 6. The minimum atomic E-state index is -3.06. The van der Waals surface area contributed by atoms with Gasteiger partial charge in [0.1, 0.15) is 0 Å². The lowest BCUT2D eigenvalue weighted by atomic mass is 10.2. The summed E-state index contributed by atoms with van der Waals surface area (Å²) in [6.07, 6.45) is 0.531. The normalized spacial score (nSPS) is 11.5. The summed E-state index contributed by atoms with van der Waals surface area (Å²) in [5, 5.41) is 7.52. The molecule has 0 spiro atoms. The summed E-state index contributed by atoms with van der Waals surface area (Å²) in [5.41, 5.74) is 0.738. The van der Waals surface area contributed by atoms with Crippen LogP contribution in [0.2, 0.25) is 0 Å². The number of methoxy groups -OCH3 is 1. The van der Waals surface area contributed by atoms with Crippen LogP contribution in [-0.4, -0.2) is 48.0 Å². The van der Waals surface area contributed by atoms with E-state index in [0.29, 0.717) is 12.1 Å². The number of hydrogen-bond donors (Lipinski definition) is 0. The lowest BCUT2D eigenvalue weighted by Gasteiger charge is -2.05. The smallest absolute Gasteiger partial charge is 0.360 e. The van der Waals surface area contributed by atoms with E-state index >= 15 is 0 Å². The molecule has 0 aliphatic rings. The Balaban J connectivity index is 2.91. The summed E-state index contributed by atoms with van der Waals surface area (Å²) in [4.78, 5) is 11.4. The van der Waals surface area contributed by atoms with Crippen molar-refractivity contribution >= 4 is 15.8 Å². The number of sulfone groups is 1. The number of ether oxygens (including phenoxy) is 1. The van der Waals surface area contributed by atoms with Crippen molar-refractivity contribution in [3.63, 3.8) is 0 Å². The van der Waals surface area contributed by atoms with Crippen molar-refractivity contribution in [3.05, 3.63) is 11.4 Å². The molecule has 1 rings (SSSR count). The first-order valence-electron chi connectivity index (χ1n) is 5.66. The van der Waals surface area contributed by atoms with E-state index in [9.17, 15) is 13.2 Å². The van der Waals surface area contributed by atoms with Crippen LogP contribution in [-0.2, 0) is 27.5 Å². The number of carbonyl (C=O) groups excluding carboxylic acids is 1. The van der Waals surface area contributed by atoms with E-state index in [1.54, 1.807) is 6.92 Å². The molecule has 1 aromatic rings. The minimum absolute atomic E-state index is 0.0134. The summed E-state index contributed by atoms with van der Waals surface area (Å²) in [6, 6.07) is 0. The highest BCUT2D eigenvalue weighted by Crippen LogP contribution is 2.08. The van der Waals surface area contributed by atoms with Gasteiger partial charge in [0, 0.05) is 5.75 Å². The fraction of sp³-hybridized carbons (Fsp3) is 0.700. The molecule has 0 fully saturated rings. The van der Waals surface area contributed by atoms with Crippen molar-refractivity contribution in [2.24, 2.45) is 0 Å². The quantitative estimate of drug-likeness (QED) is 0.682. The Morgan fingerprint density at radius 2 is 2.06 bits per heavy atom. The van der Waals surface area contributed by atoms with E-state index in [1.165, 1.54) is 11.8 Å². The molecule has 0 amide bonds. The summed E-state index contributed by atoms with van der Waals surface area (Å²) in [5.74, 6) is -0.482. The molecule has 0 bridgehead atoms. The van der Waals surface area contributed by atoms with E-state index in [-0.39, 0.29) is 23.7 Å². The molecule has 0 saturated carbocycles. The Morgan fingerprint density at radius 1 is 1.39 bits per heavy atom. The molecule has 8 heteroatoms. The molecule has 0 aromatic carbocycles. The van der Waals surface area contributed by atoms with Gasteiger partial charge in [0.05, 0.1) is 25.1 Å². The van der Waals surface area contributed by atoms with Crippen molar-refractivity contribution < 1.29 is 17.9 Å². The lowest BCUT2D eigenvalue weighted by molar-refractivity contribution is 0.0592. The Hall–Kier alpha value is -1.44. The maximum atomic E-state index is 11.4. The predicted molar refractivity (Wildman–Crippen MR) is 65.1 cm³/mol. The van der Waals surface area contributed by atoms with Gasteiger partial charge in [-0.15, -0.1) is 5.10 Å². The van der Waals surface area contributed by atoms with Crippen LogP contribution in [0, 0.1) is 0 Å². The van der Waals surface area contributed by atoms with E-state index < -0.39 is 15.8 Å². The van der Waals surface area contributed by atoms with Crippen molar-refractivity contribution in [2.75, 3.05) is 18.6 Å². The first-order valence-corrected chi connectivity index (χ1v) is 7.48. The SMILES string of the molecule is CCc1c(C(=O)OC)nnn1CCS(=O)(=O)CC. The van der Waals surface area contributed by atoms with Crippen LogP contribution in [0.5, 0.6) is 0 Å². The summed E-state index contributed by atoms with van der Waals surface area (Å²) in [6.45, 7) is 3.64. The van der Waals surface area contributed by atoms with Crippen LogP contribution in [0.25, 0.3) is 0 Å². The van der Waals surface area contributed by atoms with Crippen LogP contribution in [0.4, 0.5) is 0 Å². The zero-order valence-electron chi connectivity index (χ0n) is 10.7. The number of nitrogens with zero attached hydrogens (tertiary/aromatic N) is 3. The zero-order chi connectivity index (χ0) is 13.8. The van der Waals surface area contributed by atoms with Crippen LogP contribution >= 0.6 is 0 Å². The zero-order valence-corrected chi connectivity index (χ0v) is 11.5. The minimum Gasteiger partial charge on any atom is -0.464 e. The van der Waals surface area contributed by atoms with Gasteiger partial charge in [0.15, 0.2) is 15.5 Å². The van der Waals surface area contributed by atoms with Gasteiger partial charge in [0.25, 0.3) is 0 Å². The van der Waals surface area contributed by atoms with E-state index in [2.05, 4.69) is 15.0 Å². The van der Waals surface area contributed by atoms with E-state index in [4.69, 9.17) is 0 Å². The lowest BCUT2D eigenvalue weighted by Crippen LogP contribution is -2.17. The van der Waals surface area contributed by atoms with Crippen molar-refractivity contribution in [1.82, 2.24) is 15.0 Å². The van der Waals surface area contributed by atoms with Crippen molar-refractivity contribution in [3.8, 4) is 0 Å². The van der Waals surface area contributed by atoms with Crippen molar-refractivity contribution in [1.29, 1.82) is 0 Å². The van der Waals surface area contributed by atoms with E-state index in [1.807, 2.05) is 6.92 Å². The third kappa shape index (κ3) is 3.28. The second-order valence-electron chi connectivity index (χ2n) is 3.69. The monoisotopic (exact) mass is 275 g/mol. The number of esters is 1. The topological polar surface area (TPSA) is 91.2 Å². The average Bonchev–Trinajstić information content (AvgIpc) is 2.78. The molecule has 7 nitrogen and oxygen atoms in total. The highest BCUT2D eigenvalue weighted by atomic mass is 32.2. The summed E-state index contributed by atoms with van der Waals surface area (Å²) in [7, 11) is -1.80. The molecule has 1 heterocycles. The number of carbonyl (C=O) groups is 1. The highest BCUT2D eigenvalue weighted by molar-refractivity contribution is 7.91. The summed E-state index contributed by atoms with van der Waals surface area (Å²) >= 11 is 0. The number of aryl methyl sites for hydroxylation is 1. The maximum Gasteiger partial charge on any atom is 0.360 e. The Morgan fingerprint density at radius 3 is 2.56 bits per heavy atom. The molecular weight excluding hydrogens is 258 g/mol. The first kappa shape index (κ1) is 14.6. The second-order valence-corrected chi connectivity index (χ2v) is 6.16. The molecule has 0 radical (unpaired) electrons. The second kappa shape index (κ2) is 5.94. The van der Waals surface area contributed by atoms with Crippen molar-refractivity contribution in [2.45, 2.75) is 26.8 Å². The summed E-state index contributed by atoms with van der Waals surface area (Å²) < 4.78 is 28.9. The van der Waals surface area contributed by atoms with Gasteiger partial charge in [-0.05, 0) is 6.42 Å². The Bertz CT molecular complexity index is 521. The van der Waals surface area contributed by atoms with Crippen LogP contribution in [0.1, 0.15) is 30.0 Å². The molecule has 1 aromatic heterocycles. The third-order valence-corrected chi connectivity index (χ3v) is 4.29. The number of aromatic nitrogens is 3. The first-order chi connectivity index (χ1) is 8.45. The molecule has 0 atom stereocenters. The predicted octanol–water partition coefficient (Wildman–Crippen LogP) is 0.0618. The van der Waals surface area contributed by atoms with E-state index in [0.717, 1.165) is 0 Å². The Kier molecular flexibility index (Phi) is 4.83. The van der Waals surface area contributed by atoms with Gasteiger partial charge in [-0.3, -0.25) is 0 Å². The van der Waals surface area contributed by atoms with Gasteiger partial charge >= 0.3 is 5.97 Å². The molecule has 0 N–H and O–H groups in total. The van der Waals surface area contributed by atoms with Crippen LogP contribution < -0.4 is 0 Å².